The van der Waals surface area contributed by atoms with Gasteiger partial charge in [0, 0.05) is 31.7 Å². The predicted molar refractivity (Wildman–Crippen MR) is 59.8 cm³/mol. The van der Waals surface area contributed by atoms with E-state index in [0.717, 1.165) is 39.0 Å². The van der Waals surface area contributed by atoms with Gasteiger partial charge >= 0.3 is 6.03 Å². The predicted octanol–water partition coefficient (Wildman–Crippen LogP) is 0.884. The number of hydrogen-bond donors (Lipinski definition) is 1. The highest BCUT2D eigenvalue weighted by molar-refractivity contribution is 5.77. The van der Waals surface area contributed by atoms with Gasteiger partial charge in [0.1, 0.15) is 0 Å². The standard InChI is InChI=1S/C11H21N3O/c1-3-9(2)13-6-7-14(11(13)15)10-4-5-12-8-10/h9-10,12H,3-8H2,1-2H3. The summed E-state index contributed by atoms with van der Waals surface area (Å²) in [6, 6.07) is 1.07. The summed E-state index contributed by atoms with van der Waals surface area (Å²) in [6.45, 7) is 8.11. The third-order valence-electron chi connectivity index (χ3n) is 3.67. The Kier molecular flexibility index (Phi) is 3.14. The molecule has 4 heteroatoms. The molecule has 0 aliphatic carbocycles. The van der Waals surface area contributed by atoms with Crippen LogP contribution in [0.2, 0.25) is 0 Å². The molecule has 2 amide bonds. The molecule has 0 aromatic rings. The Bertz CT molecular complexity index is 238. The minimum Gasteiger partial charge on any atom is -0.320 e. The molecule has 0 spiro atoms. The molecule has 2 saturated heterocycles. The topological polar surface area (TPSA) is 35.6 Å². The summed E-state index contributed by atoms with van der Waals surface area (Å²) in [7, 11) is 0. The molecule has 2 unspecified atom stereocenters. The molecular formula is C11H21N3O. The van der Waals surface area contributed by atoms with Crippen molar-refractivity contribution in [2.45, 2.75) is 38.8 Å². The highest BCUT2D eigenvalue weighted by Gasteiger charge is 2.36. The molecule has 2 rings (SSSR count). The van der Waals surface area contributed by atoms with Crippen molar-refractivity contribution in [2.24, 2.45) is 0 Å². The van der Waals surface area contributed by atoms with E-state index < -0.39 is 0 Å². The first kappa shape index (κ1) is 10.7. The average molecular weight is 211 g/mol. The van der Waals surface area contributed by atoms with Crippen molar-refractivity contribution in [1.29, 1.82) is 0 Å². The van der Waals surface area contributed by atoms with E-state index in [1.807, 2.05) is 9.80 Å². The van der Waals surface area contributed by atoms with Crippen LogP contribution in [0.3, 0.4) is 0 Å². The van der Waals surface area contributed by atoms with E-state index in [-0.39, 0.29) is 6.03 Å². The molecule has 15 heavy (non-hydrogen) atoms. The Morgan fingerprint density at radius 3 is 2.93 bits per heavy atom. The quantitative estimate of drug-likeness (QED) is 0.752. The van der Waals surface area contributed by atoms with Gasteiger partial charge in [-0.1, -0.05) is 6.92 Å². The lowest BCUT2D eigenvalue weighted by molar-refractivity contribution is 0.169. The van der Waals surface area contributed by atoms with Gasteiger partial charge in [0.25, 0.3) is 0 Å². The van der Waals surface area contributed by atoms with Crippen LogP contribution in [-0.2, 0) is 0 Å². The molecule has 0 aromatic heterocycles. The maximum atomic E-state index is 12.1. The van der Waals surface area contributed by atoms with E-state index in [1.165, 1.54) is 0 Å². The van der Waals surface area contributed by atoms with Gasteiger partial charge in [-0.3, -0.25) is 0 Å². The molecule has 2 fully saturated rings. The first-order chi connectivity index (χ1) is 7.24. The highest BCUT2D eigenvalue weighted by Crippen LogP contribution is 2.19. The van der Waals surface area contributed by atoms with Crippen LogP contribution < -0.4 is 5.32 Å². The second-order valence-corrected chi connectivity index (χ2v) is 4.57. The number of carbonyl (C=O) groups is 1. The Hall–Kier alpha value is -0.770. The van der Waals surface area contributed by atoms with Crippen molar-refractivity contribution < 1.29 is 4.79 Å². The first-order valence-corrected chi connectivity index (χ1v) is 6.02. The Morgan fingerprint density at radius 2 is 2.33 bits per heavy atom. The summed E-state index contributed by atoms with van der Waals surface area (Å²) in [4.78, 5) is 16.2. The van der Waals surface area contributed by atoms with E-state index in [2.05, 4.69) is 19.2 Å². The van der Waals surface area contributed by atoms with E-state index >= 15 is 0 Å². The average Bonchev–Trinajstić information content (AvgIpc) is 2.85. The van der Waals surface area contributed by atoms with E-state index in [4.69, 9.17) is 0 Å². The summed E-state index contributed by atoms with van der Waals surface area (Å²) < 4.78 is 0. The fourth-order valence-electron chi connectivity index (χ4n) is 2.45. The molecule has 86 valence electrons. The maximum Gasteiger partial charge on any atom is 0.320 e. The monoisotopic (exact) mass is 211 g/mol. The van der Waals surface area contributed by atoms with Crippen molar-refractivity contribution in [1.82, 2.24) is 15.1 Å². The Balaban J connectivity index is 1.97. The largest absolute Gasteiger partial charge is 0.320 e. The molecule has 1 N–H and O–H groups in total. The van der Waals surface area contributed by atoms with Crippen LogP contribution >= 0.6 is 0 Å². The van der Waals surface area contributed by atoms with Crippen molar-refractivity contribution in [3.05, 3.63) is 0 Å². The minimum absolute atomic E-state index is 0.248. The first-order valence-electron chi connectivity index (χ1n) is 6.02. The van der Waals surface area contributed by atoms with Crippen molar-refractivity contribution in [3.63, 3.8) is 0 Å². The van der Waals surface area contributed by atoms with Gasteiger partial charge < -0.3 is 15.1 Å². The normalized spacial score (nSPS) is 28.9. The van der Waals surface area contributed by atoms with Gasteiger partial charge in [-0.2, -0.15) is 0 Å². The molecule has 0 saturated carbocycles. The third kappa shape index (κ3) is 1.95. The molecule has 2 heterocycles. The molecular weight excluding hydrogens is 190 g/mol. The molecule has 4 nitrogen and oxygen atoms in total. The zero-order valence-corrected chi connectivity index (χ0v) is 9.70. The van der Waals surface area contributed by atoms with Gasteiger partial charge in [0.05, 0.1) is 0 Å². The van der Waals surface area contributed by atoms with Gasteiger partial charge in [0.15, 0.2) is 0 Å². The van der Waals surface area contributed by atoms with Gasteiger partial charge in [-0.25, -0.2) is 4.79 Å². The fourth-order valence-corrected chi connectivity index (χ4v) is 2.45. The van der Waals surface area contributed by atoms with Crippen LogP contribution in [0.4, 0.5) is 4.79 Å². The number of amides is 2. The molecule has 0 radical (unpaired) electrons. The Labute approximate surface area is 91.6 Å². The zero-order valence-electron chi connectivity index (χ0n) is 9.70. The summed E-state index contributed by atoms with van der Waals surface area (Å²) >= 11 is 0. The number of nitrogens with zero attached hydrogens (tertiary/aromatic N) is 2. The van der Waals surface area contributed by atoms with Crippen LogP contribution in [0, 0.1) is 0 Å². The number of hydrogen-bond acceptors (Lipinski definition) is 2. The maximum absolute atomic E-state index is 12.1. The Morgan fingerprint density at radius 1 is 1.53 bits per heavy atom. The lowest BCUT2D eigenvalue weighted by Crippen LogP contribution is -2.42. The van der Waals surface area contributed by atoms with E-state index in [0.29, 0.717) is 12.1 Å². The van der Waals surface area contributed by atoms with E-state index in [9.17, 15) is 4.79 Å². The third-order valence-corrected chi connectivity index (χ3v) is 3.67. The van der Waals surface area contributed by atoms with Crippen molar-refractivity contribution >= 4 is 6.03 Å². The summed E-state index contributed by atoms with van der Waals surface area (Å²) in [5, 5.41) is 3.32. The highest BCUT2D eigenvalue weighted by atomic mass is 16.2. The van der Waals surface area contributed by atoms with Crippen molar-refractivity contribution in [2.75, 3.05) is 26.2 Å². The second-order valence-electron chi connectivity index (χ2n) is 4.57. The van der Waals surface area contributed by atoms with Gasteiger partial charge in [-0.15, -0.1) is 0 Å². The smallest absolute Gasteiger partial charge is 0.320 e. The molecule has 2 atom stereocenters. The lowest BCUT2D eigenvalue weighted by Gasteiger charge is -2.26. The van der Waals surface area contributed by atoms with Crippen molar-refractivity contribution in [3.8, 4) is 0 Å². The van der Waals surface area contributed by atoms with Crippen LogP contribution in [-0.4, -0.2) is 54.1 Å². The summed E-state index contributed by atoms with van der Waals surface area (Å²) in [5.41, 5.74) is 0. The van der Waals surface area contributed by atoms with Crippen LogP contribution in [0.5, 0.6) is 0 Å². The van der Waals surface area contributed by atoms with Gasteiger partial charge in [-0.05, 0) is 26.3 Å². The summed E-state index contributed by atoms with van der Waals surface area (Å²) in [5.74, 6) is 0. The number of urea groups is 1. The van der Waals surface area contributed by atoms with E-state index in [1.54, 1.807) is 0 Å². The molecule has 0 bridgehead atoms. The number of rotatable bonds is 3. The fraction of sp³-hybridized carbons (Fsp3) is 0.909. The molecule has 2 aliphatic heterocycles. The lowest BCUT2D eigenvalue weighted by atomic mass is 10.2. The van der Waals surface area contributed by atoms with Crippen LogP contribution in [0.1, 0.15) is 26.7 Å². The number of carbonyl (C=O) groups excluding carboxylic acids is 1. The zero-order chi connectivity index (χ0) is 10.8. The minimum atomic E-state index is 0.248. The summed E-state index contributed by atoms with van der Waals surface area (Å²) in [6.07, 6.45) is 2.16. The number of nitrogens with one attached hydrogen (secondary N) is 1. The molecule has 2 aliphatic rings. The molecule has 0 aromatic carbocycles. The van der Waals surface area contributed by atoms with Gasteiger partial charge in [0.2, 0.25) is 0 Å². The SMILES string of the molecule is CCC(C)N1CCN(C2CCNC2)C1=O. The second kappa shape index (κ2) is 4.39. The van der Waals surface area contributed by atoms with Crippen LogP contribution in [0.15, 0.2) is 0 Å². The van der Waals surface area contributed by atoms with Crippen LogP contribution in [0.25, 0.3) is 0 Å².